The molecule has 2 N–H and O–H groups in total. The van der Waals surface area contributed by atoms with Crippen LogP contribution < -0.4 is 0 Å². The standard InChI is InChI=1S/C12H26O2/c1-4-11(9-7-8-10-13)12(14,5-2)6-3/h11,13-14H,4-10H2,1-3H3. The summed E-state index contributed by atoms with van der Waals surface area (Å²) in [6, 6.07) is 0. The van der Waals surface area contributed by atoms with Crippen LogP contribution in [0.1, 0.15) is 59.3 Å². The second kappa shape index (κ2) is 7.24. The third-order valence-corrected chi connectivity index (χ3v) is 3.44. The molecular formula is C12H26O2. The predicted molar refractivity (Wildman–Crippen MR) is 60.2 cm³/mol. The van der Waals surface area contributed by atoms with Crippen LogP contribution in [0.15, 0.2) is 0 Å². The molecule has 0 fully saturated rings. The number of unbranched alkanes of at least 4 members (excludes halogenated alkanes) is 1. The van der Waals surface area contributed by atoms with Gasteiger partial charge in [-0.3, -0.25) is 0 Å². The first-order valence-corrected chi connectivity index (χ1v) is 5.97. The molecule has 1 atom stereocenters. The number of rotatable bonds is 8. The minimum Gasteiger partial charge on any atom is -0.396 e. The van der Waals surface area contributed by atoms with Crippen LogP contribution in [0.3, 0.4) is 0 Å². The van der Waals surface area contributed by atoms with Gasteiger partial charge in [-0.2, -0.15) is 0 Å². The molecule has 0 saturated heterocycles. The lowest BCUT2D eigenvalue weighted by Gasteiger charge is -2.34. The fourth-order valence-corrected chi connectivity index (χ4v) is 2.18. The van der Waals surface area contributed by atoms with Crippen LogP contribution in [-0.4, -0.2) is 22.4 Å². The van der Waals surface area contributed by atoms with Gasteiger partial charge in [0, 0.05) is 6.61 Å². The maximum absolute atomic E-state index is 10.3. The van der Waals surface area contributed by atoms with Crippen molar-refractivity contribution in [3.05, 3.63) is 0 Å². The Morgan fingerprint density at radius 2 is 1.64 bits per heavy atom. The minimum absolute atomic E-state index is 0.271. The average Bonchev–Trinajstić information content (AvgIpc) is 2.23. The number of hydrogen-bond donors (Lipinski definition) is 2. The molecule has 0 spiro atoms. The van der Waals surface area contributed by atoms with Crippen molar-refractivity contribution in [1.29, 1.82) is 0 Å². The van der Waals surface area contributed by atoms with Crippen molar-refractivity contribution < 1.29 is 10.2 Å². The maximum atomic E-state index is 10.3. The zero-order chi connectivity index (χ0) is 11.0. The summed E-state index contributed by atoms with van der Waals surface area (Å²) in [5, 5.41) is 19.0. The van der Waals surface area contributed by atoms with Gasteiger partial charge in [0.15, 0.2) is 0 Å². The van der Waals surface area contributed by atoms with Gasteiger partial charge >= 0.3 is 0 Å². The van der Waals surface area contributed by atoms with Gasteiger partial charge in [0.05, 0.1) is 5.60 Å². The molecule has 0 aromatic rings. The van der Waals surface area contributed by atoms with E-state index in [1.165, 1.54) is 0 Å². The van der Waals surface area contributed by atoms with Crippen LogP contribution in [0.2, 0.25) is 0 Å². The van der Waals surface area contributed by atoms with Gasteiger partial charge in [-0.1, -0.05) is 33.6 Å². The summed E-state index contributed by atoms with van der Waals surface area (Å²) in [5.74, 6) is 0.393. The summed E-state index contributed by atoms with van der Waals surface area (Å²) < 4.78 is 0. The molecule has 0 aromatic heterocycles. The van der Waals surface area contributed by atoms with Crippen molar-refractivity contribution in [3.8, 4) is 0 Å². The molecule has 0 amide bonds. The Morgan fingerprint density at radius 3 is 2.00 bits per heavy atom. The van der Waals surface area contributed by atoms with Gasteiger partial charge in [-0.25, -0.2) is 0 Å². The van der Waals surface area contributed by atoms with E-state index in [1.807, 2.05) is 0 Å². The number of aliphatic hydroxyl groups is 2. The molecule has 86 valence electrons. The van der Waals surface area contributed by atoms with Crippen molar-refractivity contribution in [1.82, 2.24) is 0 Å². The quantitative estimate of drug-likeness (QED) is 0.594. The molecule has 0 saturated carbocycles. The Hall–Kier alpha value is -0.0800. The maximum Gasteiger partial charge on any atom is 0.0670 e. The summed E-state index contributed by atoms with van der Waals surface area (Å²) in [5.41, 5.74) is -0.482. The van der Waals surface area contributed by atoms with Crippen LogP contribution in [0.4, 0.5) is 0 Å². The fourth-order valence-electron chi connectivity index (χ4n) is 2.18. The van der Waals surface area contributed by atoms with E-state index in [2.05, 4.69) is 20.8 Å². The molecule has 1 unspecified atom stereocenters. The van der Waals surface area contributed by atoms with Crippen LogP contribution in [0.25, 0.3) is 0 Å². The van der Waals surface area contributed by atoms with E-state index in [0.29, 0.717) is 5.92 Å². The second-order valence-electron chi connectivity index (χ2n) is 4.14. The molecule has 0 bridgehead atoms. The second-order valence-corrected chi connectivity index (χ2v) is 4.14. The Kier molecular flexibility index (Phi) is 7.20. The zero-order valence-corrected chi connectivity index (χ0v) is 9.92. The van der Waals surface area contributed by atoms with Gasteiger partial charge in [0.25, 0.3) is 0 Å². The van der Waals surface area contributed by atoms with E-state index >= 15 is 0 Å². The number of aliphatic hydroxyl groups excluding tert-OH is 1. The molecular weight excluding hydrogens is 176 g/mol. The van der Waals surface area contributed by atoms with Gasteiger partial charge in [0.2, 0.25) is 0 Å². The van der Waals surface area contributed by atoms with Crippen molar-refractivity contribution in [2.45, 2.75) is 64.9 Å². The molecule has 2 heteroatoms. The summed E-state index contributed by atoms with van der Waals surface area (Å²) in [6.45, 7) is 6.52. The molecule has 0 heterocycles. The first-order chi connectivity index (χ1) is 6.64. The van der Waals surface area contributed by atoms with Crippen molar-refractivity contribution >= 4 is 0 Å². The van der Waals surface area contributed by atoms with Crippen molar-refractivity contribution in [3.63, 3.8) is 0 Å². The molecule has 0 radical (unpaired) electrons. The molecule has 2 nitrogen and oxygen atoms in total. The Labute approximate surface area is 88.3 Å². The van der Waals surface area contributed by atoms with E-state index in [1.54, 1.807) is 0 Å². The first kappa shape index (κ1) is 13.9. The summed E-state index contributed by atoms with van der Waals surface area (Å²) >= 11 is 0. The summed E-state index contributed by atoms with van der Waals surface area (Å²) in [7, 11) is 0. The molecule has 0 aromatic carbocycles. The molecule has 0 aliphatic heterocycles. The van der Waals surface area contributed by atoms with Crippen LogP contribution in [-0.2, 0) is 0 Å². The van der Waals surface area contributed by atoms with Gasteiger partial charge < -0.3 is 10.2 Å². The lowest BCUT2D eigenvalue weighted by Crippen LogP contribution is -2.36. The highest BCUT2D eigenvalue weighted by atomic mass is 16.3. The average molecular weight is 202 g/mol. The van der Waals surface area contributed by atoms with Crippen molar-refractivity contribution in [2.75, 3.05) is 6.61 Å². The largest absolute Gasteiger partial charge is 0.396 e. The normalized spacial score (nSPS) is 14.4. The van der Waals surface area contributed by atoms with Gasteiger partial charge in [0.1, 0.15) is 0 Å². The van der Waals surface area contributed by atoms with Crippen LogP contribution >= 0.6 is 0 Å². The molecule has 0 aliphatic rings. The third kappa shape index (κ3) is 3.97. The minimum atomic E-state index is -0.482. The lowest BCUT2D eigenvalue weighted by molar-refractivity contribution is -0.0317. The highest BCUT2D eigenvalue weighted by Crippen LogP contribution is 2.31. The summed E-state index contributed by atoms with van der Waals surface area (Å²) in [4.78, 5) is 0. The predicted octanol–water partition coefficient (Wildman–Crippen LogP) is 2.73. The van der Waals surface area contributed by atoms with Crippen molar-refractivity contribution in [2.24, 2.45) is 5.92 Å². The molecule has 14 heavy (non-hydrogen) atoms. The van der Waals surface area contributed by atoms with E-state index in [0.717, 1.165) is 38.5 Å². The smallest absolute Gasteiger partial charge is 0.0670 e. The zero-order valence-electron chi connectivity index (χ0n) is 9.92. The Balaban J connectivity index is 4.08. The Bertz CT molecular complexity index is 130. The van der Waals surface area contributed by atoms with Crippen LogP contribution in [0, 0.1) is 5.92 Å². The summed E-state index contributed by atoms with van der Waals surface area (Å²) in [6.07, 6.45) is 5.62. The van der Waals surface area contributed by atoms with E-state index in [9.17, 15) is 5.11 Å². The Morgan fingerprint density at radius 1 is 1.07 bits per heavy atom. The monoisotopic (exact) mass is 202 g/mol. The highest BCUT2D eigenvalue weighted by molar-refractivity contribution is 4.83. The SMILES string of the molecule is CCC(CCCCO)C(O)(CC)CC. The topological polar surface area (TPSA) is 40.5 Å². The third-order valence-electron chi connectivity index (χ3n) is 3.44. The van der Waals surface area contributed by atoms with Crippen LogP contribution in [0.5, 0.6) is 0 Å². The van der Waals surface area contributed by atoms with E-state index in [4.69, 9.17) is 5.11 Å². The highest BCUT2D eigenvalue weighted by Gasteiger charge is 2.31. The number of hydrogen-bond acceptors (Lipinski definition) is 2. The van der Waals surface area contributed by atoms with Gasteiger partial charge in [-0.15, -0.1) is 0 Å². The van der Waals surface area contributed by atoms with E-state index in [-0.39, 0.29) is 6.61 Å². The molecule has 0 aliphatic carbocycles. The molecule has 0 rings (SSSR count). The first-order valence-electron chi connectivity index (χ1n) is 5.97. The van der Waals surface area contributed by atoms with E-state index < -0.39 is 5.60 Å². The fraction of sp³-hybridized carbons (Fsp3) is 1.00. The lowest BCUT2D eigenvalue weighted by atomic mass is 9.78. The van der Waals surface area contributed by atoms with Gasteiger partial charge in [-0.05, 0) is 31.6 Å².